The molecule has 5 N–H and O–H groups in total. The third-order valence-electron chi connectivity index (χ3n) is 6.92. The third-order valence-corrected chi connectivity index (χ3v) is 8.38. The van der Waals surface area contributed by atoms with Crippen LogP contribution >= 0.6 is 23.5 Å². The van der Waals surface area contributed by atoms with Gasteiger partial charge in [-0.3, -0.25) is 0 Å². The highest BCUT2D eigenvalue weighted by molar-refractivity contribution is 7.98. The normalized spacial score (nSPS) is 19.2. The van der Waals surface area contributed by atoms with Crippen molar-refractivity contribution in [3.63, 3.8) is 0 Å². The van der Waals surface area contributed by atoms with Gasteiger partial charge in [0, 0.05) is 16.0 Å². The molecule has 6 rings (SSSR count). The highest BCUT2D eigenvalue weighted by atomic mass is 32.2. The number of ether oxygens (including phenoxy) is 3. The van der Waals surface area contributed by atoms with Gasteiger partial charge in [-0.05, 0) is 67.1 Å². The molecule has 0 fully saturated rings. The number of allylic oxidation sites excluding steroid dienone is 3. The highest BCUT2D eigenvalue weighted by Gasteiger charge is 2.24. The summed E-state index contributed by atoms with van der Waals surface area (Å²) in [5.74, 6) is 2.54. The van der Waals surface area contributed by atoms with Crippen LogP contribution in [0.1, 0.15) is 11.9 Å². The molecule has 11 heteroatoms. The van der Waals surface area contributed by atoms with Crippen LogP contribution < -0.4 is 21.3 Å². The average molecular weight is 591 g/mol. The fourth-order valence-electron chi connectivity index (χ4n) is 4.75. The average Bonchev–Trinajstić information content (AvgIpc) is 3.65. The summed E-state index contributed by atoms with van der Waals surface area (Å²) in [5.41, 5.74) is 5.34. The molecular weight excluding hydrogens is 557 g/mol. The number of imidazole rings is 1. The Kier molecular flexibility index (Phi) is 8.64. The molecule has 0 aliphatic carbocycles. The molecule has 4 heterocycles. The number of anilines is 2. The Morgan fingerprint density at radius 1 is 0.902 bits per heavy atom. The van der Waals surface area contributed by atoms with Gasteiger partial charge in [0.1, 0.15) is 42.8 Å². The zero-order valence-electron chi connectivity index (χ0n) is 23.0. The number of dihydropyridines is 2. The fraction of sp³-hybridized carbons (Fsp3) is 0.300. The van der Waals surface area contributed by atoms with Crippen molar-refractivity contribution in [1.29, 1.82) is 0 Å². The lowest BCUT2D eigenvalue weighted by molar-refractivity contribution is 0.0452. The molecular formula is C30H34N6O3S2. The van der Waals surface area contributed by atoms with Crippen molar-refractivity contribution in [2.24, 2.45) is 0 Å². The predicted molar refractivity (Wildman–Crippen MR) is 167 cm³/mol. The number of fused-ring (bicyclic) bond motifs is 2. The third kappa shape index (κ3) is 6.64. The van der Waals surface area contributed by atoms with Crippen LogP contribution in [-0.2, 0) is 14.2 Å². The van der Waals surface area contributed by atoms with Gasteiger partial charge in [-0.2, -0.15) is 0 Å². The molecule has 0 saturated heterocycles. The van der Waals surface area contributed by atoms with E-state index >= 15 is 0 Å². The van der Waals surface area contributed by atoms with E-state index in [1.54, 1.807) is 23.5 Å². The molecule has 0 saturated carbocycles. The van der Waals surface area contributed by atoms with Crippen molar-refractivity contribution in [2.45, 2.75) is 22.0 Å². The van der Waals surface area contributed by atoms with E-state index in [1.165, 1.54) is 9.79 Å². The van der Waals surface area contributed by atoms with Crippen LogP contribution in [0.5, 0.6) is 0 Å². The van der Waals surface area contributed by atoms with Gasteiger partial charge in [0.15, 0.2) is 0 Å². The first-order chi connectivity index (χ1) is 20.2. The van der Waals surface area contributed by atoms with Crippen molar-refractivity contribution >= 4 is 45.9 Å². The quantitative estimate of drug-likeness (QED) is 0.140. The molecule has 2 atom stereocenters. The second kappa shape index (κ2) is 12.9. The number of hydrogen-bond donors (Lipinski definition) is 5. The summed E-state index contributed by atoms with van der Waals surface area (Å²) < 4.78 is 17.4. The van der Waals surface area contributed by atoms with E-state index in [0.29, 0.717) is 33.0 Å². The van der Waals surface area contributed by atoms with Gasteiger partial charge in [-0.15, -0.1) is 23.5 Å². The van der Waals surface area contributed by atoms with E-state index in [0.717, 1.165) is 45.4 Å². The van der Waals surface area contributed by atoms with E-state index in [1.807, 2.05) is 30.5 Å². The summed E-state index contributed by atoms with van der Waals surface area (Å²) in [7, 11) is 0. The van der Waals surface area contributed by atoms with Crippen molar-refractivity contribution in [3.8, 4) is 0 Å². The van der Waals surface area contributed by atoms with Gasteiger partial charge >= 0.3 is 0 Å². The number of aromatic nitrogens is 2. The smallest absolute Gasteiger partial charge is 0.138 e. The standard InChI is InChI=1S/C30H34N6O3S2/c1-40-21-5-9-23-27(15-21)35-29(33-23)25-7-3-19(17-31-25)38-13-11-37-12-14-39-20-4-8-26(32-18-20)30-34-24-10-6-22(41-2)16-28(24)36-30/h3-10,15-17,25,30-32,34,36H,11-14,18H2,1-2H3,(H,33,35). The maximum Gasteiger partial charge on any atom is 0.138 e. The first-order valence-electron chi connectivity index (χ1n) is 13.6. The molecule has 1 aromatic heterocycles. The fourth-order valence-corrected chi connectivity index (χ4v) is 5.63. The number of hydrogen-bond acceptors (Lipinski definition) is 10. The number of nitrogens with zero attached hydrogens (tertiary/aromatic N) is 1. The summed E-state index contributed by atoms with van der Waals surface area (Å²) in [5, 5.41) is 13.8. The lowest BCUT2D eigenvalue weighted by Gasteiger charge is -2.23. The number of aromatic amines is 1. The van der Waals surface area contributed by atoms with E-state index in [4.69, 9.17) is 19.2 Å². The maximum absolute atomic E-state index is 5.87. The van der Waals surface area contributed by atoms with Gasteiger partial charge in [-0.25, -0.2) is 4.98 Å². The maximum atomic E-state index is 5.87. The van der Waals surface area contributed by atoms with Gasteiger partial charge in [0.05, 0.1) is 47.9 Å². The van der Waals surface area contributed by atoms with Gasteiger partial charge in [-0.1, -0.05) is 6.08 Å². The Morgan fingerprint density at radius 2 is 1.71 bits per heavy atom. The number of thioether (sulfide) groups is 2. The monoisotopic (exact) mass is 590 g/mol. The van der Waals surface area contributed by atoms with E-state index < -0.39 is 0 Å². The minimum Gasteiger partial charge on any atom is -0.494 e. The predicted octanol–water partition coefficient (Wildman–Crippen LogP) is 5.33. The second-order valence-electron chi connectivity index (χ2n) is 9.61. The van der Waals surface area contributed by atoms with Crippen LogP contribution in [0.25, 0.3) is 11.0 Å². The van der Waals surface area contributed by atoms with Crippen LogP contribution in [0.15, 0.2) is 93.9 Å². The van der Waals surface area contributed by atoms with Crippen LogP contribution in [0, 0.1) is 0 Å². The summed E-state index contributed by atoms with van der Waals surface area (Å²) in [6.45, 7) is 2.57. The second-order valence-corrected chi connectivity index (χ2v) is 11.4. The minimum atomic E-state index is -0.0226. The lowest BCUT2D eigenvalue weighted by Crippen LogP contribution is -2.35. The Bertz CT molecular complexity index is 1520. The number of H-pyrrole nitrogens is 1. The Hall–Kier alpha value is -3.67. The number of benzene rings is 2. The molecule has 9 nitrogen and oxygen atoms in total. The van der Waals surface area contributed by atoms with Crippen molar-refractivity contribution in [2.75, 3.05) is 56.1 Å². The first kappa shape index (κ1) is 27.5. The van der Waals surface area contributed by atoms with E-state index in [-0.39, 0.29) is 12.2 Å². The number of nitrogens with one attached hydrogen (secondary N) is 5. The zero-order valence-corrected chi connectivity index (χ0v) is 24.7. The molecule has 2 unspecified atom stereocenters. The van der Waals surface area contributed by atoms with Crippen LogP contribution in [0.4, 0.5) is 11.4 Å². The molecule has 214 valence electrons. The summed E-state index contributed by atoms with van der Waals surface area (Å²) in [4.78, 5) is 10.6. The SMILES string of the molecule is CSc1ccc2c(c1)NC(C1=CC=C(OCCOCCOC3=CNC(c4nc5ccc(SC)cc5[nH]4)C=C3)CN1)N2. The molecule has 0 bridgehead atoms. The lowest BCUT2D eigenvalue weighted by atomic mass is 10.2. The van der Waals surface area contributed by atoms with E-state index in [9.17, 15) is 0 Å². The molecule has 0 radical (unpaired) electrons. The van der Waals surface area contributed by atoms with Crippen LogP contribution in [0.3, 0.4) is 0 Å². The zero-order chi connectivity index (χ0) is 28.0. The molecule has 3 aromatic rings. The molecule has 3 aliphatic heterocycles. The topological polar surface area (TPSA) is 104 Å². The van der Waals surface area contributed by atoms with E-state index in [2.05, 4.69) is 75.2 Å². The van der Waals surface area contributed by atoms with Gasteiger partial charge in [0.2, 0.25) is 0 Å². The molecule has 2 aromatic carbocycles. The Balaban J connectivity index is 0.863. The number of rotatable bonds is 12. The first-order valence-corrected chi connectivity index (χ1v) is 16.0. The Morgan fingerprint density at radius 3 is 2.49 bits per heavy atom. The van der Waals surface area contributed by atoms with Crippen LogP contribution in [0.2, 0.25) is 0 Å². The largest absolute Gasteiger partial charge is 0.494 e. The molecule has 41 heavy (non-hydrogen) atoms. The molecule has 0 spiro atoms. The van der Waals surface area contributed by atoms with Crippen molar-refractivity contribution in [1.82, 2.24) is 20.6 Å². The van der Waals surface area contributed by atoms with Crippen LogP contribution in [-0.4, -0.2) is 61.6 Å². The highest BCUT2D eigenvalue weighted by Crippen LogP contribution is 2.34. The van der Waals surface area contributed by atoms with Crippen molar-refractivity contribution in [3.05, 3.63) is 89.9 Å². The van der Waals surface area contributed by atoms with Crippen molar-refractivity contribution < 1.29 is 14.2 Å². The minimum absolute atomic E-state index is 0.0226. The van der Waals surface area contributed by atoms with Gasteiger partial charge in [0.25, 0.3) is 0 Å². The molecule has 0 amide bonds. The van der Waals surface area contributed by atoms with Gasteiger partial charge < -0.3 is 40.5 Å². The summed E-state index contributed by atoms with van der Waals surface area (Å²) >= 11 is 3.46. The summed E-state index contributed by atoms with van der Waals surface area (Å²) in [6.07, 6.45) is 14.1. The molecule has 3 aliphatic rings. The Labute approximate surface area is 248 Å². The summed E-state index contributed by atoms with van der Waals surface area (Å²) in [6, 6.07) is 12.7.